The molecule has 0 saturated heterocycles. The maximum absolute atomic E-state index is 11.8. The van der Waals surface area contributed by atoms with E-state index in [9.17, 15) is 9.90 Å². The summed E-state index contributed by atoms with van der Waals surface area (Å²) in [7, 11) is 0. The van der Waals surface area contributed by atoms with Crippen LogP contribution in [-0.4, -0.2) is 23.3 Å². The molecule has 0 aliphatic heterocycles. The van der Waals surface area contributed by atoms with Gasteiger partial charge in [0, 0.05) is 22.6 Å². The van der Waals surface area contributed by atoms with Crippen molar-refractivity contribution in [1.29, 1.82) is 0 Å². The molecule has 0 unspecified atom stereocenters. The number of hydrogen-bond donors (Lipinski definition) is 3. The second-order valence-corrected chi connectivity index (χ2v) is 5.91. The van der Waals surface area contributed by atoms with Crippen LogP contribution in [0, 0.1) is 0 Å². The van der Waals surface area contributed by atoms with Crippen LogP contribution in [0.1, 0.15) is 31.2 Å². The normalized spacial score (nSPS) is 22.4. The number of halogens is 2. The number of aliphatic hydroxyl groups excluding tert-OH is 1. The second-order valence-electron chi connectivity index (χ2n) is 5.07. The van der Waals surface area contributed by atoms with E-state index in [0.29, 0.717) is 16.6 Å². The third-order valence-electron chi connectivity index (χ3n) is 3.49. The first kappa shape index (κ1) is 15.4. The molecule has 1 aromatic rings. The molecule has 0 aromatic heterocycles. The maximum atomic E-state index is 11.8. The van der Waals surface area contributed by atoms with Crippen molar-refractivity contribution in [1.82, 2.24) is 10.6 Å². The van der Waals surface area contributed by atoms with Crippen LogP contribution in [0.3, 0.4) is 0 Å². The van der Waals surface area contributed by atoms with Crippen LogP contribution in [0.25, 0.3) is 0 Å². The first-order valence-corrected chi connectivity index (χ1v) is 7.46. The van der Waals surface area contributed by atoms with Gasteiger partial charge >= 0.3 is 6.03 Å². The Morgan fingerprint density at radius 3 is 2.60 bits per heavy atom. The van der Waals surface area contributed by atoms with Gasteiger partial charge in [0.25, 0.3) is 0 Å². The van der Waals surface area contributed by atoms with Crippen LogP contribution in [0.4, 0.5) is 4.79 Å². The average Bonchev–Trinajstić information content (AvgIpc) is 2.40. The number of carbonyl (C=O) groups excluding carboxylic acids is 1. The van der Waals surface area contributed by atoms with E-state index < -0.39 is 0 Å². The summed E-state index contributed by atoms with van der Waals surface area (Å²) in [6.45, 7) is 0.358. The number of amides is 2. The predicted molar refractivity (Wildman–Crippen MR) is 80.1 cm³/mol. The molecule has 110 valence electrons. The molecule has 1 aromatic carbocycles. The number of urea groups is 1. The van der Waals surface area contributed by atoms with Crippen LogP contribution in [-0.2, 0) is 6.54 Å². The third-order valence-corrected chi connectivity index (χ3v) is 4.07. The number of benzene rings is 1. The first-order chi connectivity index (χ1) is 9.54. The average molecular weight is 317 g/mol. The van der Waals surface area contributed by atoms with Gasteiger partial charge in [-0.1, -0.05) is 29.3 Å². The van der Waals surface area contributed by atoms with Gasteiger partial charge in [0.05, 0.1) is 6.10 Å². The second kappa shape index (κ2) is 7.16. The fourth-order valence-corrected chi connectivity index (χ4v) is 2.77. The topological polar surface area (TPSA) is 61.4 Å². The summed E-state index contributed by atoms with van der Waals surface area (Å²) >= 11 is 11.9. The molecule has 20 heavy (non-hydrogen) atoms. The zero-order valence-corrected chi connectivity index (χ0v) is 12.5. The van der Waals surface area contributed by atoms with Gasteiger partial charge in [-0.25, -0.2) is 4.79 Å². The van der Waals surface area contributed by atoms with Gasteiger partial charge in [0.1, 0.15) is 0 Å². The van der Waals surface area contributed by atoms with Crippen LogP contribution >= 0.6 is 23.2 Å². The number of rotatable bonds is 3. The molecule has 1 fully saturated rings. The highest BCUT2D eigenvalue weighted by molar-refractivity contribution is 6.35. The van der Waals surface area contributed by atoms with Crippen LogP contribution in [0.2, 0.25) is 10.0 Å². The smallest absolute Gasteiger partial charge is 0.315 e. The standard InChI is InChI=1S/C14H18Cl2N2O2/c15-10-2-1-9(13(16)7-10)8-17-14(20)18-11-3-5-12(19)6-4-11/h1-2,7,11-12,19H,3-6,8H2,(H2,17,18,20). The lowest BCUT2D eigenvalue weighted by molar-refractivity contribution is 0.117. The lowest BCUT2D eigenvalue weighted by atomic mass is 9.93. The number of nitrogens with one attached hydrogen (secondary N) is 2. The Labute approximate surface area is 128 Å². The highest BCUT2D eigenvalue weighted by Crippen LogP contribution is 2.21. The Morgan fingerprint density at radius 1 is 1.25 bits per heavy atom. The monoisotopic (exact) mass is 316 g/mol. The highest BCUT2D eigenvalue weighted by Gasteiger charge is 2.20. The van der Waals surface area contributed by atoms with Crippen LogP contribution in [0.5, 0.6) is 0 Å². The van der Waals surface area contributed by atoms with E-state index >= 15 is 0 Å². The van der Waals surface area contributed by atoms with E-state index in [1.807, 2.05) is 0 Å². The molecule has 2 amide bonds. The van der Waals surface area contributed by atoms with E-state index in [1.54, 1.807) is 18.2 Å². The fraction of sp³-hybridized carbons (Fsp3) is 0.500. The molecule has 0 heterocycles. The van der Waals surface area contributed by atoms with Gasteiger partial charge in [0.15, 0.2) is 0 Å². The van der Waals surface area contributed by atoms with E-state index in [2.05, 4.69) is 10.6 Å². The lowest BCUT2D eigenvalue weighted by Gasteiger charge is -2.26. The first-order valence-electron chi connectivity index (χ1n) is 6.71. The van der Waals surface area contributed by atoms with Gasteiger partial charge in [0.2, 0.25) is 0 Å². The molecule has 0 radical (unpaired) electrons. The Morgan fingerprint density at radius 2 is 1.95 bits per heavy atom. The van der Waals surface area contributed by atoms with Crippen molar-refractivity contribution in [3.63, 3.8) is 0 Å². The summed E-state index contributed by atoms with van der Waals surface area (Å²) in [6.07, 6.45) is 2.90. The van der Waals surface area contributed by atoms with Gasteiger partial charge in [-0.2, -0.15) is 0 Å². The van der Waals surface area contributed by atoms with Gasteiger partial charge < -0.3 is 15.7 Å². The zero-order valence-electron chi connectivity index (χ0n) is 11.0. The SMILES string of the molecule is O=C(NCc1ccc(Cl)cc1Cl)NC1CCC(O)CC1. The molecule has 0 atom stereocenters. The lowest BCUT2D eigenvalue weighted by Crippen LogP contribution is -2.43. The van der Waals surface area contributed by atoms with Crippen molar-refractivity contribution in [2.75, 3.05) is 0 Å². The Bertz CT molecular complexity index is 474. The molecule has 1 aliphatic rings. The van der Waals surface area contributed by atoms with Crippen LogP contribution < -0.4 is 10.6 Å². The van der Waals surface area contributed by atoms with E-state index in [0.717, 1.165) is 31.2 Å². The van der Waals surface area contributed by atoms with Gasteiger partial charge in [-0.15, -0.1) is 0 Å². The molecule has 1 aliphatic carbocycles. The molecule has 2 rings (SSSR count). The molecule has 3 N–H and O–H groups in total. The summed E-state index contributed by atoms with van der Waals surface area (Å²) < 4.78 is 0. The zero-order chi connectivity index (χ0) is 14.5. The van der Waals surface area contributed by atoms with E-state index in [1.165, 1.54) is 0 Å². The maximum Gasteiger partial charge on any atom is 0.315 e. The minimum Gasteiger partial charge on any atom is -0.393 e. The molecule has 4 nitrogen and oxygen atoms in total. The highest BCUT2D eigenvalue weighted by atomic mass is 35.5. The quantitative estimate of drug-likeness (QED) is 0.802. The summed E-state index contributed by atoms with van der Waals surface area (Å²) in [5, 5.41) is 16.2. The number of hydrogen-bond acceptors (Lipinski definition) is 2. The van der Waals surface area contributed by atoms with Crippen LogP contribution in [0.15, 0.2) is 18.2 Å². The predicted octanol–water partition coefficient (Wildman–Crippen LogP) is 3.10. The van der Waals surface area contributed by atoms with Crippen molar-refractivity contribution in [3.05, 3.63) is 33.8 Å². The van der Waals surface area contributed by atoms with Gasteiger partial charge in [-0.3, -0.25) is 0 Å². The molecule has 1 saturated carbocycles. The molecule has 6 heteroatoms. The summed E-state index contributed by atoms with van der Waals surface area (Å²) in [6, 6.07) is 5.12. The van der Waals surface area contributed by atoms with E-state index in [4.69, 9.17) is 23.2 Å². The Balaban J connectivity index is 1.77. The summed E-state index contributed by atoms with van der Waals surface area (Å²) in [5.41, 5.74) is 0.824. The van der Waals surface area contributed by atoms with E-state index in [-0.39, 0.29) is 18.2 Å². The number of carbonyl (C=O) groups is 1. The fourth-order valence-electron chi connectivity index (χ4n) is 2.30. The number of aliphatic hydroxyl groups is 1. The molecular formula is C14H18Cl2N2O2. The van der Waals surface area contributed by atoms with Crippen molar-refractivity contribution >= 4 is 29.2 Å². The summed E-state index contributed by atoms with van der Waals surface area (Å²) in [4.78, 5) is 11.8. The Hall–Kier alpha value is -0.970. The summed E-state index contributed by atoms with van der Waals surface area (Å²) in [5.74, 6) is 0. The Kier molecular flexibility index (Phi) is 5.52. The van der Waals surface area contributed by atoms with Crippen molar-refractivity contribution in [2.24, 2.45) is 0 Å². The van der Waals surface area contributed by atoms with Crippen molar-refractivity contribution in [2.45, 2.75) is 44.4 Å². The van der Waals surface area contributed by atoms with Gasteiger partial charge in [-0.05, 0) is 43.4 Å². The molecule has 0 bridgehead atoms. The largest absolute Gasteiger partial charge is 0.393 e. The van der Waals surface area contributed by atoms with Crippen molar-refractivity contribution in [3.8, 4) is 0 Å². The van der Waals surface area contributed by atoms with Crippen molar-refractivity contribution < 1.29 is 9.90 Å². The minimum absolute atomic E-state index is 0.138. The third kappa shape index (κ3) is 4.54. The molecule has 0 spiro atoms. The minimum atomic E-state index is -0.219. The molecular weight excluding hydrogens is 299 g/mol.